The predicted molar refractivity (Wildman–Crippen MR) is 114 cm³/mol. The zero-order chi connectivity index (χ0) is 19.6. The zero-order valence-corrected chi connectivity index (χ0v) is 17.2. The number of unbranched alkanes of at least 4 members (excludes halogenated alkanes) is 1. The van der Waals surface area contributed by atoms with E-state index in [2.05, 4.69) is 19.1 Å². The van der Waals surface area contributed by atoms with Crippen LogP contribution in [0.5, 0.6) is 0 Å². The summed E-state index contributed by atoms with van der Waals surface area (Å²) in [6.07, 6.45) is 12.8. The van der Waals surface area contributed by atoms with Gasteiger partial charge in [-0.1, -0.05) is 102 Å². The van der Waals surface area contributed by atoms with E-state index in [1.807, 2.05) is 76.3 Å². The van der Waals surface area contributed by atoms with Gasteiger partial charge >= 0.3 is 0 Å². The van der Waals surface area contributed by atoms with Crippen molar-refractivity contribution in [1.82, 2.24) is 0 Å². The number of rotatable bonds is 4. The zero-order valence-electron chi connectivity index (χ0n) is 17.2. The first-order chi connectivity index (χ1) is 12.8. The van der Waals surface area contributed by atoms with Gasteiger partial charge < -0.3 is 4.74 Å². The van der Waals surface area contributed by atoms with E-state index in [9.17, 15) is 4.79 Å². The maximum absolute atomic E-state index is 12.7. The topological polar surface area (TPSA) is 26.3 Å². The fourth-order valence-corrected chi connectivity index (χ4v) is 2.46. The van der Waals surface area contributed by atoms with Gasteiger partial charge in [-0.3, -0.25) is 4.79 Å². The molecular weight excluding hydrogens is 320 g/mol. The van der Waals surface area contributed by atoms with Gasteiger partial charge in [0.15, 0.2) is 0 Å². The maximum atomic E-state index is 12.7. The SMILES string of the molecule is CC.CC.CCC\C=C/C1=C/C=C\COCC(c2ccccc2)C(=O)C1. The van der Waals surface area contributed by atoms with Crippen LogP contribution in [0.15, 0.2) is 66.3 Å². The van der Waals surface area contributed by atoms with Crippen molar-refractivity contribution in [3.05, 3.63) is 71.8 Å². The van der Waals surface area contributed by atoms with Gasteiger partial charge in [-0.2, -0.15) is 0 Å². The Bertz CT molecular complexity index is 553. The summed E-state index contributed by atoms with van der Waals surface area (Å²) in [5.74, 6) is 0.0320. The van der Waals surface area contributed by atoms with E-state index in [0.717, 1.165) is 24.0 Å². The van der Waals surface area contributed by atoms with Crippen LogP contribution in [-0.4, -0.2) is 19.0 Å². The summed E-state index contributed by atoms with van der Waals surface area (Å²) >= 11 is 0. The highest BCUT2D eigenvalue weighted by atomic mass is 16.5. The monoisotopic (exact) mass is 356 g/mol. The Labute approximate surface area is 160 Å². The van der Waals surface area contributed by atoms with E-state index in [0.29, 0.717) is 19.6 Å². The molecule has 2 heteroatoms. The van der Waals surface area contributed by atoms with Gasteiger partial charge in [0, 0.05) is 6.42 Å². The minimum Gasteiger partial charge on any atom is -0.376 e. The second-order valence-corrected chi connectivity index (χ2v) is 5.50. The molecule has 1 aliphatic heterocycles. The minimum atomic E-state index is -0.185. The molecule has 0 saturated heterocycles. The molecule has 0 saturated carbocycles. The summed E-state index contributed by atoms with van der Waals surface area (Å²) in [6, 6.07) is 9.92. The smallest absolute Gasteiger partial charge is 0.147 e. The van der Waals surface area contributed by atoms with Crippen LogP contribution in [0.4, 0.5) is 0 Å². The van der Waals surface area contributed by atoms with Gasteiger partial charge in [-0.05, 0) is 17.6 Å². The number of ether oxygens (including phenoxy) is 1. The lowest BCUT2D eigenvalue weighted by Gasteiger charge is -2.17. The molecule has 0 radical (unpaired) electrons. The molecule has 0 fully saturated rings. The minimum absolute atomic E-state index is 0.185. The molecule has 0 N–H and O–H groups in total. The first-order valence-electron chi connectivity index (χ1n) is 9.99. The van der Waals surface area contributed by atoms with Crippen molar-refractivity contribution in [3.8, 4) is 0 Å². The molecule has 2 nitrogen and oxygen atoms in total. The van der Waals surface area contributed by atoms with E-state index in [1.54, 1.807) is 0 Å². The lowest BCUT2D eigenvalue weighted by Crippen LogP contribution is -2.19. The molecule has 0 spiro atoms. The molecule has 1 atom stereocenters. The third-order valence-corrected chi connectivity index (χ3v) is 3.70. The molecule has 0 amide bonds. The first kappa shape index (κ1) is 24.1. The number of carbonyl (C=O) groups excluding carboxylic acids is 1. The molecule has 0 aliphatic carbocycles. The number of ketones is 1. The molecule has 0 aromatic heterocycles. The summed E-state index contributed by atoms with van der Waals surface area (Å²) in [5, 5.41) is 0. The van der Waals surface area contributed by atoms with Gasteiger partial charge in [0.2, 0.25) is 0 Å². The van der Waals surface area contributed by atoms with Crippen LogP contribution in [0.3, 0.4) is 0 Å². The van der Waals surface area contributed by atoms with Crippen LogP contribution in [0, 0.1) is 0 Å². The fourth-order valence-electron chi connectivity index (χ4n) is 2.46. The Morgan fingerprint density at radius 3 is 2.46 bits per heavy atom. The third kappa shape index (κ3) is 9.53. The largest absolute Gasteiger partial charge is 0.376 e. The van der Waals surface area contributed by atoms with E-state index < -0.39 is 0 Å². The average Bonchev–Trinajstić information content (AvgIpc) is 2.71. The molecule has 26 heavy (non-hydrogen) atoms. The van der Waals surface area contributed by atoms with E-state index >= 15 is 0 Å². The predicted octanol–water partition coefficient (Wildman–Crippen LogP) is 6.65. The van der Waals surface area contributed by atoms with Crippen molar-refractivity contribution in [2.75, 3.05) is 13.2 Å². The summed E-state index contributed by atoms with van der Waals surface area (Å²) in [7, 11) is 0. The van der Waals surface area contributed by atoms with Gasteiger partial charge in [0.05, 0.1) is 19.1 Å². The molecule has 0 bridgehead atoms. The van der Waals surface area contributed by atoms with Gasteiger partial charge in [-0.15, -0.1) is 0 Å². The lowest BCUT2D eigenvalue weighted by molar-refractivity contribution is -0.121. The van der Waals surface area contributed by atoms with E-state index in [1.165, 1.54) is 0 Å². The highest BCUT2D eigenvalue weighted by Gasteiger charge is 2.21. The Kier molecular flexibility index (Phi) is 15.3. The second-order valence-electron chi connectivity index (χ2n) is 5.50. The molecule has 1 unspecified atom stereocenters. The highest BCUT2D eigenvalue weighted by Crippen LogP contribution is 2.22. The van der Waals surface area contributed by atoms with Crippen LogP contribution >= 0.6 is 0 Å². The second kappa shape index (κ2) is 16.5. The third-order valence-electron chi connectivity index (χ3n) is 3.70. The average molecular weight is 357 g/mol. The van der Waals surface area contributed by atoms with Crippen LogP contribution in [0.25, 0.3) is 0 Å². The number of Topliss-reactive ketones (excluding diaryl/α,β-unsaturated/α-hetero) is 1. The molecule has 1 heterocycles. The van der Waals surface area contributed by atoms with E-state index in [4.69, 9.17) is 4.74 Å². The molecule has 144 valence electrons. The summed E-state index contributed by atoms with van der Waals surface area (Å²) in [5.41, 5.74) is 2.10. The van der Waals surface area contributed by atoms with Crippen molar-refractivity contribution in [3.63, 3.8) is 0 Å². The Hall–Kier alpha value is -1.93. The number of hydrogen-bond acceptors (Lipinski definition) is 2. The Balaban J connectivity index is 0.00000146. The summed E-state index contributed by atoms with van der Waals surface area (Å²) < 4.78 is 5.63. The van der Waals surface area contributed by atoms with Crippen molar-refractivity contribution >= 4 is 5.78 Å². The molecule has 1 aromatic rings. The van der Waals surface area contributed by atoms with Crippen LogP contribution in [-0.2, 0) is 9.53 Å². The van der Waals surface area contributed by atoms with Crippen LogP contribution in [0.2, 0.25) is 0 Å². The number of carbonyl (C=O) groups is 1. The Morgan fingerprint density at radius 1 is 1.12 bits per heavy atom. The highest BCUT2D eigenvalue weighted by molar-refractivity contribution is 5.88. The quantitative estimate of drug-likeness (QED) is 0.603. The lowest BCUT2D eigenvalue weighted by atomic mass is 9.91. The number of benzene rings is 1. The van der Waals surface area contributed by atoms with Gasteiger partial charge in [-0.25, -0.2) is 0 Å². The van der Waals surface area contributed by atoms with Gasteiger partial charge in [0.25, 0.3) is 0 Å². The first-order valence-corrected chi connectivity index (χ1v) is 9.99. The summed E-state index contributed by atoms with van der Waals surface area (Å²) in [6.45, 7) is 11.1. The molecule has 1 aliphatic rings. The summed E-state index contributed by atoms with van der Waals surface area (Å²) in [4.78, 5) is 12.7. The number of allylic oxidation sites excluding steroid dienone is 5. The van der Waals surface area contributed by atoms with Crippen molar-refractivity contribution < 1.29 is 9.53 Å². The van der Waals surface area contributed by atoms with Crippen molar-refractivity contribution in [1.29, 1.82) is 0 Å². The standard InChI is InChI=1S/C20H24O2.2C2H6/c1-2-3-5-10-17-11-8-9-14-22-16-19(20(21)15-17)18-12-6-4-7-13-18;2*1-2/h4-13,19H,2-3,14-16H2,1H3;2*1-2H3/b9-8-,10-5-,17-11-;;. The van der Waals surface area contributed by atoms with Crippen molar-refractivity contribution in [2.45, 2.75) is 59.8 Å². The normalized spacial score (nSPS) is 20.7. The fraction of sp³-hybridized carbons (Fsp3) is 0.458. The molecule has 1 aromatic carbocycles. The van der Waals surface area contributed by atoms with Crippen molar-refractivity contribution in [2.24, 2.45) is 0 Å². The molecule has 2 rings (SSSR count). The maximum Gasteiger partial charge on any atom is 0.147 e. The van der Waals surface area contributed by atoms with E-state index in [-0.39, 0.29) is 11.7 Å². The van der Waals surface area contributed by atoms with Crippen LogP contribution < -0.4 is 0 Å². The van der Waals surface area contributed by atoms with Gasteiger partial charge in [0.1, 0.15) is 5.78 Å². The van der Waals surface area contributed by atoms with Crippen LogP contribution in [0.1, 0.15) is 65.4 Å². The molecular formula is C24H36O2. The Morgan fingerprint density at radius 2 is 1.81 bits per heavy atom. The number of hydrogen-bond donors (Lipinski definition) is 0.